The maximum absolute atomic E-state index is 17.9. The molecule has 4 fully saturated rings. The van der Waals surface area contributed by atoms with Crippen LogP contribution in [0.3, 0.4) is 0 Å². The zero-order valence-electron chi connectivity index (χ0n) is 38.4. The van der Waals surface area contributed by atoms with Crippen molar-refractivity contribution in [3.8, 4) is 34.5 Å². The fourth-order valence-electron chi connectivity index (χ4n) is 12.0. The number of hydrogen-bond acceptors (Lipinski definition) is 11. The largest absolute Gasteiger partial charge is 0.468 e. The zero-order chi connectivity index (χ0) is 46.8. The van der Waals surface area contributed by atoms with Gasteiger partial charge in [-0.15, -0.1) is 5.54 Å². The molecule has 0 radical (unpaired) electrons. The Hall–Kier alpha value is -4.70. The van der Waals surface area contributed by atoms with Crippen LogP contribution in [0.4, 0.5) is 23.8 Å². The number of ether oxygens (including phenoxy) is 3. The minimum absolute atomic E-state index is 0.0458. The number of carboxylic acid groups (broad SMARTS) is 1. The van der Waals surface area contributed by atoms with Crippen molar-refractivity contribution in [2.45, 2.75) is 114 Å². The van der Waals surface area contributed by atoms with Gasteiger partial charge in [-0.2, -0.15) is 9.97 Å². The summed E-state index contributed by atoms with van der Waals surface area (Å²) in [6, 6.07) is 5.48. The van der Waals surface area contributed by atoms with Crippen LogP contribution in [-0.2, 0) is 14.6 Å². The molecule has 0 unspecified atom stereocenters. The summed E-state index contributed by atoms with van der Waals surface area (Å²) in [5.74, 6) is 1.93. The van der Waals surface area contributed by atoms with Gasteiger partial charge >= 0.3 is 12.1 Å². The molecule has 13 nitrogen and oxygen atoms in total. The number of fused-ring (bicyclic) bond motifs is 5. The molecule has 4 aliphatic rings. The molecule has 0 saturated carbocycles. The van der Waals surface area contributed by atoms with Crippen LogP contribution in [0.2, 0.25) is 16.6 Å². The van der Waals surface area contributed by atoms with Gasteiger partial charge in [-0.3, -0.25) is 14.8 Å². The molecule has 350 valence electrons. The van der Waals surface area contributed by atoms with Gasteiger partial charge in [-0.1, -0.05) is 53.5 Å². The predicted molar refractivity (Wildman–Crippen MR) is 247 cm³/mol. The highest BCUT2D eigenvalue weighted by Gasteiger charge is 2.56. The molecule has 1 N–H and O–H groups in total. The Labute approximate surface area is 380 Å². The summed E-state index contributed by atoms with van der Waals surface area (Å²) in [5.41, 5.74) is 2.49. The van der Waals surface area contributed by atoms with E-state index in [2.05, 4.69) is 62.9 Å². The van der Waals surface area contributed by atoms with E-state index in [1.54, 1.807) is 23.1 Å². The summed E-state index contributed by atoms with van der Waals surface area (Å²) < 4.78 is 92.4. The first-order valence-electron chi connectivity index (χ1n) is 22.5. The first-order chi connectivity index (χ1) is 30.7. The quantitative estimate of drug-likeness (QED) is 0.0781. The number of alkyl halides is 1. The molecule has 65 heavy (non-hydrogen) atoms. The van der Waals surface area contributed by atoms with Gasteiger partial charge in [-0.25, -0.2) is 26.4 Å². The molecule has 4 aromatic rings. The molecular formula is C47H59F3N6O7SSi. The third-order valence-electron chi connectivity index (χ3n) is 14.6. The number of piperazine rings is 1. The van der Waals surface area contributed by atoms with E-state index < -0.39 is 64.7 Å². The fourth-order valence-corrected chi connectivity index (χ4v) is 18.5. The highest BCUT2D eigenvalue weighted by molar-refractivity contribution is 7.90. The van der Waals surface area contributed by atoms with E-state index in [1.807, 2.05) is 0 Å². The van der Waals surface area contributed by atoms with Crippen LogP contribution in [0, 0.1) is 23.1 Å². The fraction of sp³-hybridized carbons (Fsp3) is 0.574. The normalized spacial score (nSPS) is 23.5. The molecule has 6 heterocycles. The summed E-state index contributed by atoms with van der Waals surface area (Å²) in [4.78, 5) is 32.0. The summed E-state index contributed by atoms with van der Waals surface area (Å²) in [6.45, 7) is 14.0. The topological polar surface area (TPSA) is 148 Å². The van der Waals surface area contributed by atoms with Crippen LogP contribution < -0.4 is 14.4 Å². The zero-order valence-corrected chi connectivity index (χ0v) is 40.2. The Morgan fingerprint density at radius 3 is 2.45 bits per heavy atom. The van der Waals surface area contributed by atoms with E-state index in [0.29, 0.717) is 35.8 Å². The van der Waals surface area contributed by atoms with Gasteiger partial charge in [0.2, 0.25) is 0 Å². The molecule has 1 amide bonds. The molecule has 2 bridgehead atoms. The summed E-state index contributed by atoms with van der Waals surface area (Å²) >= 11 is 0. The number of sulfone groups is 1. The Morgan fingerprint density at radius 2 is 1.77 bits per heavy atom. The van der Waals surface area contributed by atoms with Gasteiger partial charge in [0.25, 0.3) is 0 Å². The lowest BCUT2D eigenvalue weighted by atomic mass is 9.95. The van der Waals surface area contributed by atoms with Gasteiger partial charge in [0.05, 0.1) is 33.8 Å². The van der Waals surface area contributed by atoms with Crippen LogP contribution in [0.1, 0.15) is 79.2 Å². The van der Waals surface area contributed by atoms with Crippen molar-refractivity contribution in [1.29, 1.82) is 0 Å². The molecule has 8 rings (SSSR count). The third-order valence-corrected chi connectivity index (χ3v) is 21.9. The van der Waals surface area contributed by atoms with Crippen molar-refractivity contribution < 1.29 is 45.7 Å². The number of anilines is 1. The number of amides is 1. The van der Waals surface area contributed by atoms with Crippen molar-refractivity contribution in [2.75, 3.05) is 63.6 Å². The van der Waals surface area contributed by atoms with Crippen LogP contribution in [-0.4, -0.2) is 134 Å². The molecule has 2 aromatic heterocycles. The lowest BCUT2D eigenvalue weighted by molar-refractivity contribution is 0.0512. The van der Waals surface area contributed by atoms with Crippen molar-refractivity contribution in [3.05, 3.63) is 47.7 Å². The average Bonchev–Trinajstić information content (AvgIpc) is 3.83. The number of hydrogen-bond donors (Lipinski definition) is 1. The van der Waals surface area contributed by atoms with Crippen LogP contribution in [0.25, 0.3) is 32.9 Å². The number of methoxy groups -OCH3 is 1. The van der Waals surface area contributed by atoms with Crippen molar-refractivity contribution in [3.63, 3.8) is 0 Å². The second-order valence-corrected chi connectivity index (χ2v) is 27.3. The Morgan fingerprint density at radius 1 is 1.03 bits per heavy atom. The lowest BCUT2D eigenvalue weighted by Crippen LogP contribution is -2.65. The van der Waals surface area contributed by atoms with E-state index in [0.717, 1.165) is 19.2 Å². The van der Waals surface area contributed by atoms with Gasteiger partial charge in [0.1, 0.15) is 59.3 Å². The molecule has 2 aromatic carbocycles. The monoisotopic (exact) mass is 936 g/mol. The molecule has 0 aliphatic carbocycles. The van der Waals surface area contributed by atoms with Gasteiger partial charge in [-0.05, 0) is 72.4 Å². The first-order valence-corrected chi connectivity index (χ1v) is 26.8. The summed E-state index contributed by atoms with van der Waals surface area (Å²) in [5, 5.41) is 11.4. The van der Waals surface area contributed by atoms with E-state index in [1.165, 1.54) is 24.3 Å². The number of pyridine rings is 1. The number of aromatic nitrogens is 3. The van der Waals surface area contributed by atoms with Crippen LogP contribution in [0.15, 0.2) is 30.5 Å². The minimum Gasteiger partial charge on any atom is -0.468 e. The number of halogens is 3. The van der Waals surface area contributed by atoms with Gasteiger partial charge in [0, 0.05) is 56.6 Å². The molecule has 4 saturated heterocycles. The Balaban J connectivity index is 1.33. The van der Waals surface area contributed by atoms with E-state index in [9.17, 15) is 22.7 Å². The Kier molecular flexibility index (Phi) is 12.6. The minimum atomic E-state index is -3.67. The van der Waals surface area contributed by atoms with E-state index >= 15 is 8.78 Å². The van der Waals surface area contributed by atoms with Crippen LogP contribution >= 0.6 is 0 Å². The number of benzene rings is 2. The second kappa shape index (κ2) is 17.5. The second-order valence-electron chi connectivity index (χ2n) is 19.6. The van der Waals surface area contributed by atoms with E-state index in [4.69, 9.17) is 24.2 Å². The molecule has 18 heteroatoms. The van der Waals surface area contributed by atoms with Crippen LogP contribution in [0.5, 0.6) is 11.8 Å². The maximum Gasteiger partial charge on any atom is 0.408 e. The van der Waals surface area contributed by atoms with E-state index in [-0.39, 0.29) is 95.6 Å². The molecule has 0 spiro atoms. The standard InChI is InChI=1S/C47H59F3N6O7SSi/c1-28(2)65(29(3)4,30(5)6)17-13-35-38(49)11-10-31-18-34(63-27-61-7)19-36(39(31)35)41-40(50)42-37(21-51-41)43(53-44(52-42)62-25-46-14-9-16-55(46)22-32(48)20-46)54-23-33-12-15-47(24-54,26-64(8,59)60)56(33)45(57)58/h10-11,18-19,21,28-30,32-33H,9,12,14-16,20,22-27H2,1-8H3,(H,57,58)/t32-,33+,46+,47-/m1/s1. The van der Waals surface area contributed by atoms with Crippen molar-refractivity contribution in [2.24, 2.45) is 0 Å². The highest BCUT2D eigenvalue weighted by atomic mass is 32.2. The SMILES string of the molecule is COCOc1cc(-c2ncc3c(N4C[C@@H]5CC[C@](CS(C)(=O)=O)(C4)N5C(=O)O)nc(OC[C@@]45CCCN4C[C@H](F)C5)nc3c2F)c2c(C#C[Si](C(C)C)(C(C)C)C(C)C)c(F)ccc2c1. The van der Waals surface area contributed by atoms with Crippen molar-refractivity contribution >= 4 is 51.5 Å². The smallest absolute Gasteiger partial charge is 0.408 e. The Bertz CT molecular complexity index is 2680. The average molecular weight is 937 g/mol. The lowest BCUT2D eigenvalue weighted by Gasteiger charge is -2.47. The first kappa shape index (κ1) is 46.8. The molecular weight excluding hydrogens is 878 g/mol. The molecule has 4 atom stereocenters. The third kappa shape index (κ3) is 8.39. The highest BCUT2D eigenvalue weighted by Crippen LogP contribution is 2.46. The number of nitrogens with zero attached hydrogens (tertiary/aromatic N) is 6. The maximum atomic E-state index is 17.9. The number of rotatable bonds is 13. The summed E-state index contributed by atoms with van der Waals surface area (Å²) in [7, 11) is -4.57. The van der Waals surface area contributed by atoms with Gasteiger partial charge < -0.3 is 24.2 Å². The number of carbonyl (C=O) groups is 1. The predicted octanol–water partition coefficient (Wildman–Crippen LogP) is 8.38. The van der Waals surface area contributed by atoms with Gasteiger partial charge in [0.15, 0.2) is 12.6 Å². The summed E-state index contributed by atoms with van der Waals surface area (Å²) in [6.07, 6.45) is 2.81. The molecule has 4 aliphatic heterocycles. The van der Waals surface area contributed by atoms with Crippen molar-refractivity contribution in [1.82, 2.24) is 24.8 Å².